The van der Waals surface area contributed by atoms with Crippen LogP contribution in [0.2, 0.25) is 0 Å². The van der Waals surface area contributed by atoms with Crippen molar-refractivity contribution < 1.29 is 9.53 Å². The smallest absolute Gasteiger partial charge is 0.254 e. The molecule has 0 radical (unpaired) electrons. The highest BCUT2D eigenvalue weighted by atomic mass is 32.2. The molecule has 1 aromatic carbocycles. The van der Waals surface area contributed by atoms with Gasteiger partial charge in [0.1, 0.15) is 0 Å². The number of carbonyl (C=O) groups excluding carboxylic acids is 1. The summed E-state index contributed by atoms with van der Waals surface area (Å²) in [4.78, 5) is 32.6. The number of rotatable bonds is 8. The summed E-state index contributed by atoms with van der Waals surface area (Å²) in [6.45, 7) is 10.7. The number of amides is 1. The van der Waals surface area contributed by atoms with E-state index in [9.17, 15) is 9.59 Å². The highest BCUT2D eigenvalue weighted by Gasteiger charge is 2.43. The van der Waals surface area contributed by atoms with Gasteiger partial charge in [-0.05, 0) is 77.7 Å². The summed E-state index contributed by atoms with van der Waals surface area (Å²) >= 11 is 1.52. The molecule has 3 heterocycles. The van der Waals surface area contributed by atoms with Gasteiger partial charge in [0.15, 0.2) is 0 Å². The number of pyridine rings is 1. The number of aryl methyl sites for hydroxylation is 1. The number of thioether (sulfide) groups is 1. The summed E-state index contributed by atoms with van der Waals surface area (Å²) in [6.07, 6.45) is 6.75. The number of aromatic nitrogens is 2. The lowest BCUT2D eigenvalue weighted by Crippen LogP contribution is -2.64. The summed E-state index contributed by atoms with van der Waals surface area (Å²) in [6, 6.07) is 11.1. The van der Waals surface area contributed by atoms with Crippen LogP contribution in [-0.4, -0.2) is 58.5 Å². The number of para-hydroxylation sites is 1. The van der Waals surface area contributed by atoms with Gasteiger partial charge >= 0.3 is 0 Å². The van der Waals surface area contributed by atoms with Crippen LogP contribution in [0.15, 0.2) is 40.0 Å². The lowest BCUT2D eigenvalue weighted by atomic mass is 9.79. The minimum absolute atomic E-state index is 0.0200. The molecule has 0 unspecified atom stereocenters. The van der Waals surface area contributed by atoms with Gasteiger partial charge in [-0.15, -0.1) is 11.8 Å². The maximum atomic E-state index is 13.6. The van der Waals surface area contributed by atoms with Gasteiger partial charge in [-0.2, -0.15) is 0 Å². The van der Waals surface area contributed by atoms with E-state index in [0.29, 0.717) is 29.1 Å². The van der Waals surface area contributed by atoms with Crippen molar-refractivity contribution in [3.05, 3.63) is 63.2 Å². The first-order chi connectivity index (χ1) is 18.7. The molecule has 1 atom stereocenters. The molecule has 0 bridgehead atoms. The summed E-state index contributed by atoms with van der Waals surface area (Å²) in [7, 11) is 1.82. The molecule has 1 aliphatic heterocycles. The number of carbonyl (C=O) groups is 1. The third-order valence-corrected chi connectivity index (χ3v) is 9.98. The highest BCUT2D eigenvalue weighted by Crippen LogP contribution is 2.40. The van der Waals surface area contributed by atoms with Gasteiger partial charge in [0.05, 0.1) is 11.2 Å². The first kappa shape index (κ1) is 28.0. The largest absolute Gasteiger partial charge is 0.376 e. The van der Waals surface area contributed by atoms with E-state index in [0.717, 1.165) is 40.3 Å². The molecule has 7 nitrogen and oxygen atoms in total. The minimum Gasteiger partial charge on any atom is -0.376 e. The van der Waals surface area contributed by atoms with Crippen LogP contribution in [0.4, 0.5) is 0 Å². The van der Waals surface area contributed by atoms with Gasteiger partial charge in [-0.1, -0.05) is 18.2 Å². The Kier molecular flexibility index (Phi) is 8.00. The van der Waals surface area contributed by atoms with E-state index >= 15 is 0 Å². The second-order valence-electron chi connectivity index (χ2n) is 11.7. The summed E-state index contributed by atoms with van der Waals surface area (Å²) < 4.78 is 8.04. The summed E-state index contributed by atoms with van der Waals surface area (Å²) in [5, 5.41) is 4.02. The molecule has 210 valence electrons. The molecule has 2 aromatic heterocycles. The van der Waals surface area contributed by atoms with Crippen molar-refractivity contribution in [1.82, 2.24) is 19.8 Å². The zero-order valence-electron chi connectivity index (χ0n) is 24.1. The number of methoxy groups -OCH3 is 1. The molecule has 2 fully saturated rings. The molecule has 8 heteroatoms. The molecule has 1 aliphatic carbocycles. The molecule has 0 spiro atoms. The number of fused-ring (bicyclic) bond motifs is 1. The number of H-pyrrole nitrogens is 1. The number of likely N-dealkylation sites (tertiary alicyclic amines) is 1. The van der Waals surface area contributed by atoms with Gasteiger partial charge in [0.2, 0.25) is 0 Å². The van der Waals surface area contributed by atoms with Crippen LogP contribution < -0.4 is 10.9 Å². The maximum absolute atomic E-state index is 13.6. The first-order valence-corrected chi connectivity index (χ1v) is 15.3. The molecule has 2 aliphatic rings. The standard InChI is InChI=1S/C31H42N4O3S/c1-19-15-27(39-6)25(29(36)33-19)16-32-30(37)28-21(3)35(26-10-8-7-9-24(26)28)20(2)22-11-13-23(14-12-22)34-17-31(4,18-34)38-5/h7-10,15,20,22-23H,11-14,16-18H2,1-6H3,(H,32,37)(H,33,36)/t20-,22?,23?/m1/s1. The Morgan fingerprint density at radius 3 is 2.56 bits per heavy atom. The zero-order chi connectivity index (χ0) is 27.9. The lowest BCUT2D eigenvalue weighted by molar-refractivity contribution is -0.131. The molecular weight excluding hydrogens is 508 g/mol. The van der Waals surface area contributed by atoms with Gasteiger partial charge in [-0.25, -0.2) is 0 Å². The van der Waals surface area contributed by atoms with Crippen LogP contribution in [0.1, 0.15) is 72.9 Å². The molecular formula is C31H42N4O3S. The summed E-state index contributed by atoms with van der Waals surface area (Å²) in [5.74, 6) is 0.432. The van der Waals surface area contributed by atoms with Gasteiger partial charge in [0.25, 0.3) is 11.5 Å². The second kappa shape index (κ2) is 11.1. The number of ether oxygens (including phenoxy) is 1. The Bertz CT molecular complexity index is 1410. The number of nitrogens with one attached hydrogen (secondary N) is 2. The van der Waals surface area contributed by atoms with Crippen molar-refractivity contribution in [2.75, 3.05) is 26.5 Å². The van der Waals surface area contributed by atoms with Crippen molar-refractivity contribution in [3.8, 4) is 0 Å². The molecule has 1 saturated carbocycles. The Morgan fingerprint density at radius 2 is 1.90 bits per heavy atom. The minimum atomic E-state index is -0.145. The maximum Gasteiger partial charge on any atom is 0.254 e. The summed E-state index contributed by atoms with van der Waals surface area (Å²) in [5.41, 5.74) is 4.09. The average molecular weight is 551 g/mol. The van der Waals surface area contributed by atoms with E-state index in [1.165, 1.54) is 37.4 Å². The van der Waals surface area contributed by atoms with Crippen LogP contribution in [0.3, 0.4) is 0 Å². The van der Waals surface area contributed by atoms with E-state index in [1.54, 1.807) is 0 Å². The number of hydrogen-bond acceptors (Lipinski definition) is 5. The molecule has 1 saturated heterocycles. The van der Waals surface area contributed by atoms with Crippen molar-refractivity contribution in [3.63, 3.8) is 0 Å². The predicted octanol–water partition coefficient (Wildman–Crippen LogP) is 5.44. The monoisotopic (exact) mass is 550 g/mol. The number of nitrogens with zero attached hydrogens (tertiary/aromatic N) is 2. The Morgan fingerprint density at radius 1 is 1.21 bits per heavy atom. The Labute approximate surface area is 235 Å². The van der Waals surface area contributed by atoms with Crippen molar-refractivity contribution in [2.45, 2.75) is 82.5 Å². The van der Waals surface area contributed by atoms with Gasteiger partial charge < -0.3 is 19.6 Å². The van der Waals surface area contributed by atoms with Gasteiger partial charge in [-0.3, -0.25) is 14.5 Å². The first-order valence-electron chi connectivity index (χ1n) is 14.1. The fourth-order valence-electron chi connectivity index (χ4n) is 6.86. The van der Waals surface area contributed by atoms with Crippen LogP contribution >= 0.6 is 11.8 Å². The molecule has 1 amide bonds. The molecule has 39 heavy (non-hydrogen) atoms. The fourth-order valence-corrected chi connectivity index (χ4v) is 7.56. The van der Waals surface area contributed by atoms with E-state index in [2.05, 4.69) is 52.7 Å². The van der Waals surface area contributed by atoms with Crippen LogP contribution in [0.5, 0.6) is 0 Å². The molecule has 3 aromatic rings. The Hall–Kier alpha value is -2.55. The quantitative estimate of drug-likeness (QED) is 0.365. The number of benzene rings is 1. The Balaban J connectivity index is 1.34. The predicted molar refractivity (Wildman–Crippen MR) is 159 cm³/mol. The normalized spacial score (nSPS) is 22.0. The average Bonchev–Trinajstić information content (AvgIpc) is 3.21. The third kappa shape index (κ3) is 5.31. The topological polar surface area (TPSA) is 79.4 Å². The fraction of sp³-hybridized carbons (Fsp3) is 0.548. The molecule has 2 N–H and O–H groups in total. The third-order valence-electron chi connectivity index (χ3n) is 9.17. The van der Waals surface area contributed by atoms with Crippen molar-refractivity contribution in [1.29, 1.82) is 0 Å². The van der Waals surface area contributed by atoms with Crippen LogP contribution in [0, 0.1) is 19.8 Å². The van der Waals surface area contributed by atoms with Crippen LogP contribution in [0.25, 0.3) is 10.9 Å². The highest BCUT2D eigenvalue weighted by molar-refractivity contribution is 7.98. The lowest BCUT2D eigenvalue weighted by Gasteiger charge is -2.52. The van der Waals surface area contributed by atoms with E-state index in [-0.39, 0.29) is 23.6 Å². The second-order valence-corrected chi connectivity index (χ2v) is 12.6. The van der Waals surface area contributed by atoms with E-state index in [1.807, 2.05) is 38.5 Å². The zero-order valence-corrected chi connectivity index (χ0v) is 24.9. The van der Waals surface area contributed by atoms with Crippen LogP contribution in [-0.2, 0) is 11.3 Å². The van der Waals surface area contributed by atoms with Crippen molar-refractivity contribution >= 4 is 28.6 Å². The van der Waals surface area contributed by atoms with Gasteiger partial charge in [0, 0.05) is 71.6 Å². The molecule has 5 rings (SSSR count). The van der Waals surface area contributed by atoms with E-state index < -0.39 is 0 Å². The SMILES string of the molecule is COC1(C)CN(C2CCC([C@@H](C)n3c(C)c(C(=O)NCc4c(SC)cc(C)[nH]c4=O)c4ccccc43)CC2)C1. The van der Waals surface area contributed by atoms with E-state index in [4.69, 9.17) is 4.74 Å². The number of aromatic amines is 1. The van der Waals surface area contributed by atoms with Crippen molar-refractivity contribution in [2.24, 2.45) is 5.92 Å². The number of hydrogen-bond donors (Lipinski definition) is 2.